The molecule has 0 unspecified atom stereocenters. The van der Waals surface area contributed by atoms with Crippen LogP contribution in [0.25, 0.3) is 10.2 Å². The molecule has 6 rings (SSSR count). The van der Waals surface area contributed by atoms with Crippen LogP contribution in [0.5, 0.6) is 16.7 Å². The first-order chi connectivity index (χ1) is 16.2. The summed E-state index contributed by atoms with van der Waals surface area (Å²) in [5, 5.41) is 0.637. The number of aromatic amines is 1. The van der Waals surface area contributed by atoms with Gasteiger partial charge in [0.25, 0.3) is 11.1 Å². The van der Waals surface area contributed by atoms with Crippen LogP contribution in [0.15, 0.2) is 66.9 Å². The Bertz CT molecular complexity index is 1220. The smallest absolute Gasteiger partial charge is 0.279 e. The summed E-state index contributed by atoms with van der Waals surface area (Å²) in [6, 6.07) is 20.1. The highest BCUT2D eigenvalue weighted by Gasteiger charge is 2.45. The predicted molar refractivity (Wildman–Crippen MR) is 127 cm³/mol. The molecule has 2 aliphatic heterocycles. The molecule has 0 saturated carbocycles. The van der Waals surface area contributed by atoms with Crippen LogP contribution in [0, 0.1) is 0 Å². The van der Waals surface area contributed by atoms with E-state index in [1.54, 1.807) is 6.20 Å². The number of likely N-dealkylation sites (tertiary alicyclic amines) is 2. The Balaban J connectivity index is 0.982. The van der Waals surface area contributed by atoms with E-state index < -0.39 is 0 Å². The Morgan fingerprint density at radius 1 is 1.03 bits per heavy atom. The van der Waals surface area contributed by atoms with Crippen LogP contribution in [0.3, 0.4) is 0 Å². The van der Waals surface area contributed by atoms with E-state index in [-0.39, 0.29) is 5.91 Å². The molecular weight excluding hydrogens is 436 g/mol. The summed E-state index contributed by atoms with van der Waals surface area (Å²) in [7, 11) is 0. The third-order valence-electron chi connectivity index (χ3n) is 6.39. The van der Waals surface area contributed by atoms with E-state index in [0.717, 1.165) is 47.8 Å². The van der Waals surface area contributed by atoms with Crippen molar-refractivity contribution in [2.24, 2.45) is 0 Å². The van der Waals surface area contributed by atoms with Crippen molar-refractivity contribution in [3.8, 4) is 16.7 Å². The lowest BCUT2D eigenvalue weighted by Gasteiger charge is -2.33. The Hall–Kier alpha value is -3.36. The zero-order valence-corrected chi connectivity index (χ0v) is 18.8. The van der Waals surface area contributed by atoms with Crippen LogP contribution >= 0.6 is 11.3 Å². The quantitative estimate of drug-likeness (QED) is 0.443. The summed E-state index contributed by atoms with van der Waals surface area (Å²) in [6.45, 7) is 3.18. The number of rotatable bonds is 7. The minimum Gasteiger partial charge on any atom is -0.492 e. The van der Waals surface area contributed by atoms with Crippen molar-refractivity contribution in [3.05, 3.63) is 72.6 Å². The first-order valence-electron chi connectivity index (χ1n) is 11.2. The summed E-state index contributed by atoms with van der Waals surface area (Å²) in [5.74, 6) is 1.67. The maximum atomic E-state index is 12.6. The first-order valence-corrected chi connectivity index (χ1v) is 12.0. The van der Waals surface area contributed by atoms with E-state index in [2.05, 4.69) is 14.9 Å². The number of hydrogen-bond donors (Lipinski definition) is 1. The van der Waals surface area contributed by atoms with Gasteiger partial charge < -0.3 is 19.4 Å². The Morgan fingerprint density at radius 2 is 1.88 bits per heavy atom. The van der Waals surface area contributed by atoms with Crippen LogP contribution in [0.4, 0.5) is 0 Å². The summed E-state index contributed by atoms with van der Waals surface area (Å²) in [5.41, 5.74) is 1.62. The van der Waals surface area contributed by atoms with Gasteiger partial charge in [-0.2, -0.15) is 0 Å². The number of piperazine rings is 1. The van der Waals surface area contributed by atoms with Crippen LogP contribution in [0.2, 0.25) is 0 Å². The van der Waals surface area contributed by atoms with Gasteiger partial charge in [-0.1, -0.05) is 23.5 Å². The van der Waals surface area contributed by atoms with Gasteiger partial charge in [0.1, 0.15) is 23.8 Å². The van der Waals surface area contributed by atoms with E-state index in [1.807, 2.05) is 65.6 Å². The van der Waals surface area contributed by atoms with Crippen molar-refractivity contribution in [2.75, 3.05) is 26.2 Å². The van der Waals surface area contributed by atoms with Crippen LogP contribution in [-0.2, 0) is 0 Å². The maximum absolute atomic E-state index is 12.6. The number of amides is 1. The zero-order valence-electron chi connectivity index (χ0n) is 18.0. The summed E-state index contributed by atoms with van der Waals surface area (Å²) >= 11 is 1.53. The predicted octanol–water partition coefficient (Wildman–Crippen LogP) is 4.39. The SMILES string of the molecule is O=C(c1ccc[nH]1)N1C[C@@H]2C[C@H]1CN2CCOc1ccc(Oc2nc3ccccc3s2)cc1. The Morgan fingerprint density at radius 3 is 2.64 bits per heavy atom. The number of para-hydroxylation sites is 1. The second kappa shape index (κ2) is 8.53. The second-order valence-corrected chi connectivity index (χ2v) is 9.44. The fourth-order valence-corrected chi connectivity index (χ4v) is 5.61. The number of aromatic nitrogens is 2. The number of carbonyl (C=O) groups is 1. The lowest BCUT2D eigenvalue weighted by atomic mass is 10.2. The Labute approximate surface area is 195 Å². The average Bonchev–Trinajstić information content (AvgIpc) is 3.63. The molecule has 1 amide bonds. The molecule has 2 aromatic heterocycles. The van der Waals surface area contributed by atoms with Gasteiger partial charge in [0, 0.05) is 37.9 Å². The molecule has 2 bridgehead atoms. The summed E-state index contributed by atoms with van der Waals surface area (Å²) in [4.78, 5) is 24.6. The van der Waals surface area contributed by atoms with Gasteiger partial charge in [-0.05, 0) is 55.0 Å². The molecule has 2 saturated heterocycles. The molecule has 2 fully saturated rings. The van der Waals surface area contributed by atoms with Crippen molar-refractivity contribution >= 4 is 27.5 Å². The highest BCUT2D eigenvalue weighted by Crippen LogP contribution is 2.33. The monoisotopic (exact) mass is 460 g/mol. The largest absolute Gasteiger partial charge is 0.492 e. The number of thiazole rings is 1. The Kier molecular flexibility index (Phi) is 5.24. The van der Waals surface area contributed by atoms with E-state index in [9.17, 15) is 4.79 Å². The van der Waals surface area contributed by atoms with E-state index in [4.69, 9.17) is 9.47 Å². The minimum atomic E-state index is 0.108. The number of H-pyrrole nitrogens is 1. The number of benzene rings is 2. The van der Waals surface area contributed by atoms with Crippen LogP contribution in [-0.4, -0.2) is 64.0 Å². The van der Waals surface area contributed by atoms with Crippen molar-refractivity contribution in [3.63, 3.8) is 0 Å². The molecule has 2 aromatic carbocycles. The maximum Gasteiger partial charge on any atom is 0.279 e. The topological polar surface area (TPSA) is 70.7 Å². The molecule has 2 aliphatic rings. The lowest BCUT2D eigenvalue weighted by Crippen LogP contribution is -2.49. The number of carbonyl (C=O) groups excluding carboxylic acids is 1. The summed E-state index contributed by atoms with van der Waals surface area (Å²) < 4.78 is 13.0. The van der Waals surface area contributed by atoms with Gasteiger partial charge in [0.05, 0.1) is 10.2 Å². The van der Waals surface area contributed by atoms with E-state index in [1.165, 1.54) is 11.3 Å². The molecule has 168 valence electrons. The molecule has 0 radical (unpaired) electrons. The number of fused-ring (bicyclic) bond motifs is 3. The number of hydrogen-bond acceptors (Lipinski definition) is 6. The van der Waals surface area contributed by atoms with Gasteiger partial charge in [0.2, 0.25) is 0 Å². The van der Waals surface area contributed by atoms with Gasteiger partial charge >= 0.3 is 0 Å². The molecule has 1 N–H and O–H groups in total. The molecular formula is C25H24N4O3S. The van der Waals surface area contributed by atoms with Crippen molar-refractivity contribution in [1.29, 1.82) is 0 Å². The molecule has 4 heterocycles. The molecule has 0 aliphatic carbocycles. The number of nitrogens with one attached hydrogen (secondary N) is 1. The standard InChI is InChI=1S/C25H24N4O3S/c30-24(22-5-3-11-26-22)29-16-17-14-18(29)15-28(17)12-13-31-19-7-9-20(10-8-19)32-25-27-21-4-1-2-6-23(21)33-25/h1-11,17-18,26H,12-16H2/t17-,18-/m0/s1. The van der Waals surface area contributed by atoms with Crippen molar-refractivity contribution in [1.82, 2.24) is 19.8 Å². The van der Waals surface area contributed by atoms with Crippen LogP contribution in [0.1, 0.15) is 16.9 Å². The van der Waals surface area contributed by atoms with Gasteiger partial charge in [-0.15, -0.1) is 0 Å². The molecule has 2 atom stereocenters. The fraction of sp³-hybridized carbons (Fsp3) is 0.280. The second-order valence-electron chi connectivity index (χ2n) is 8.45. The number of ether oxygens (including phenoxy) is 2. The molecule has 8 heteroatoms. The molecule has 7 nitrogen and oxygen atoms in total. The molecule has 4 aromatic rings. The third-order valence-corrected chi connectivity index (χ3v) is 7.31. The third kappa shape index (κ3) is 4.07. The van der Waals surface area contributed by atoms with Crippen molar-refractivity contribution in [2.45, 2.75) is 18.5 Å². The molecule has 0 spiro atoms. The highest BCUT2D eigenvalue weighted by molar-refractivity contribution is 7.20. The van der Waals surface area contributed by atoms with Crippen molar-refractivity contribution < 1.29 is 14.3 Å². The van der Waals surface area contributed by atoms with E-state index in [0.29, 0.717) is 29.6 Å². The normalized spacial score (nSPS) is 19.9. The number of nitrogens with zero attached hydrogens (tertiary/aromatic N) is 3. The highest BCUT2D eigenvalue weighted by atomic mass is 32.1. The average molecular weight is 461 g/mol. The zero-order chi connectivity index (χ0) is 22.2. The van der Waals surface area contributed by atoms with Gasteiger partial charge in [0.15, 0.2) is 0 Å². The van der Waals surface area contributed by atoms with Gasteiger partial charge in [-0.25, -0.2) is 4.98 Å². The molecule has 33 heavy (non-hydrogen) atoms. The minimum absolute atomic E-state index is 0.108. The first kappa shape index (κ1) is 20.3. The van der Waals surface area contributed by atoms with Gasteiger partial charge in [-0.3, -0.25) is 9.69 Å². The summed E-state index contributed by atoms with van der Waals surface area (Å²) in [6.07, 6.45) is 2.84. The van der Waals surface area contributed by atoms with E-state index >= 15 is 0 Å². The van der Waals surface area contributed by atoms with Crippen LogP contribution < -0.4 is 9.47 Å². The fourth-order valence-electron chi connectivity index (χ4n) is 4.77. The lowest BCUT2D eigenvalue weighted by molar-refractivity contribution is 0.0603.